The van der Waals surface area contributed by atoms with Crippen molar-refractivity contribution in [3.63, 3.8) is 0 Å². The lowest BCUT2D eigenvalue weighted by atomic mass is 10.2. The van der Waals surface area contributed by atoms with E-state index in [1.54, 1.807) is 0 Å². The van der Waals surface area contributed by atoms with Gasteiger partial charge < -0.3 is 20.4 Å². The lowest BCUT2D eigenvalue weighted by Gasteiger charge is -2.36. The highest BCUT2D eigenvalue weighted by atomic mass is 16.2. The van der Waals surface area contributed by atoms with Crippen LogP contribution in [0.1, 0.15) is 26.3 Å². The van der Waals surface area contributed by atoms with Crippen molar-refractivity contribution in [2.75, 3.05) is 57.3 Å². The molecule has 0 aromatic heterocycles. The Morgan fingerprint density at radius 1 is 1.13 bits per heavy atom. The Hall–Kier alpha value is -2.54. The van der Waals surface area contributed by atoms with Gasteiger partial charge in [-0.05, 0) is 38.5 Å². The lowest BCUT2D eigenvalue weighted by Crippen LogP contribution is -2.54. The Morgan fingerprint density at radius 2 is 1.87 bits per heavy atom. The molecule has 1 aromatic rings. The molecule has 0 bridgehead atoms. The predicted octanol–water partition coefficient (Wildman–Crippen LogP) is 1.67. The quantitative estimate of drug-likeness (QED) is 0.405. The third kappa shape index (κ3) is 6.49. The number of anilines is 1. The molecule has 3 rings (SSSR count). The molecule has 1 aromatic carbocycles. The summed E-state index contributed by atoms with van der Waals surface area (Å²) >= 11 is 0. The van der Waals surface area contributed by atoms with Crippen molar-refractivity contribution < 1.29 is 4.79 Å². The molecule has 0 saturated carbocycles. The Labute approximate surface area is 180 Å². The van der Waals surface area contributed by atoms with Gasteiger partial charge in [0.15, 0.2) is 5.96 Å². The van der Waals surface area contributed by atoms with Crippen LogP contribution in [0.15, 0.2) is 41.4 Å². The molecule has 2 N–H and O–H groups in total. The molecule has 1 amide bonds. The number of nitrogens with one attached hydrogen (secondary N) is 2. The topological polar surface area (TPSA) is 63.2 Å². The fourth-order valence-corrected chi connectivity index (χ4v) is 3.82. The minimum Gasteiger partial charge on any atom is -0.364 e. The van der Waals surface area contributed by atoms with Gasteiger partial charge in [0, 0.05) is 57.5 Å². The first-order chi connectivity index (χ1) is 14.5. The van der Waals surface area contributed by atoms with Gasteiger partial charge in [-0.15, -0.1) is 0 Å². The number of hydrogen-bond acceptors (Lipinski definition) is 4. The molecule has 2 heterocycles. The molecular formula is C23H36N6O. The molecule has 7 nitrogen and oxygen atoms in total. The number of guanidine groups is 1. The van der Waals surface area contributed by atoms with Gasteiger partial charge in [-0.25, -0.2) is 4.99 Å². The maximum absolute atomic E-state index is 12.0. The number of nitrogens with zero attached hydrogens (tertiary/aromatic N) is 4. The van der Waals surface area contributed by atoms with E-state index in [-0.39, 0.29) is 11.9 Å². The van der Waals surface area contributed by atoms with Gasteiger partial charge in [-0.1, -0.05) is 24.3 Å². The minimum absolute atomic E-state index is 0.104. The Bertz CT molecular complexity index is 744. The summed E-state index contributed by atoms with van der Waals surface area (Å²) in [5.74, 6) is 1.06. The van der Waals surface area contributed by atoms with Gasteiger partial charge in [0.2, 0.25) is 5.91 Å². The van der Waals surface area contributed by atoms with Crippen molar-refractivity contribution in [2.24, 2.45) is 4.99 Å². The predicted molar refractivity (Wildman–Crippen MR) is 124 cm³/mol. The highest BCUT2D eigenvalue weighted by molar-refractivity contribution is 5.80. The van der Waals surface area contributed by atoms with Crippen LogP contribution in [-0.4, -0.2) is 80.1 Å². The van der Waals surface area contributed by atoms with Crippen molar-refractivity contribution in [1.82, 2.24) is 20.4 Å². The standard InChI is InChI=1S/C23H36N6O/c1-4-24-23(29-14-12-27(13-15-29)18-22(30)26-19(2)3)25-17-20-8-7-9-21(16-20)28-10-5-6-11-28/h5-9,16,19H,4,10-15,17-18H2,1-3H3,(H,24,25)(H,26,30). The SMILES string of the molecule is CCNC(=NCc1cccc(N2CC=CC2)c1)N1CCN(CC(=O)NC(C)C)CC1. The zero-order chi connectivity index (χ0) is 21.3. The molecule has 30 heavy (non-hydrogen) atoms. The van der Waals surface area contributed by atoms with Gasteiger partial charge in [0.25, 0.3) is 0 Å². The number of carbonyl (C=O) groups excluding carboxylic acids is 1. The smallest absolute Gasteiger partial charge is 0.234 e. The molecule has 0 aliphatic carbocycles. The van der Waals surface area contributed by atoms with Crippen molar-refractivity contribution in [3.8, 4) is 0 Å². The van der Waals surface area contributed by atoms with E-state index in [2.05, 4.69) is 68.7 Å². The zero-order valence-electron chi connectivity index (χ0n) is 18.6. The first kappa shape index (κ1) is 22.2. The fourth-order valence-electron chi connectivity index (χ4n) is 3.82. The van der Waals surface area contributed by atoms with Crippen LogP contribution in [0.5, 0.6) is 0 Å². The molecule has 164 valence electrons. The Kier molecular flexibility index (Phi) is 8.13. The van der Waals surface area contributed by atoms with Crippen molar-refractivity contribution in [3.05, 3.63) is 42.0 Å². The van der Waals surface area contributed by atoms with E-state index in [4.69, 9.17) is 4.99 Å². The molecule has 0 unspecified atom stereocenters. The highest BCUT2D eigenvalue weighted by Crippen LogP contribution is 2.19. The molecular weight excluding hydrogens is 376 g/mol. The molecule has 7 heteroatoms. The summed E-state index contributed by atoms with van der Waals surface area (Å²) in [5.41, 5.74) is 2.48. The monoisotopic (exact) mass is 412 g/mol. The highest BCUT2D eigenvalue weighted by Gasteiger charge is 2.21. The third-order valence-electron chi connectivity index (χ3n) is 5.33. The Morgan fingerprint density at radius 3 is 2.53 bits per heavy atom. The maximum Gasteiger partial charge on any atom is 0.234 e. The van der Waals surface area contributed by atoms with E-state index >= 15 is 0 Å². The Balaban J connectivity index is 1.55. The first-order valence-corrected chi connectivity index (χ1v) is 11.1. The molecule has 1 saturated heterocycles. The summed E-state index contributed by atoms with van der Waals surface area (Å²) in [6.07, 6.45) is 4.42. The second-order valence-electron chi connectivity index (χ2n) is 8.20. The number of rotatable bonds is 7. The summed E-state index contributed by atoms with van der Waals surface area (Å²) in [6.45, 7) is 13.5. The zero-order valence-corrected chi connectivity index (χ0v) is 18.6. The normalized spacial score (nSPS) is 17.7. The number of amides is 1. The number of piperazine rings is 1. The van der Waals surface area contributed by atoms with Crippen LogP contribution in [0, 0.1) is 0 Å². The average molecular weight is 413 g/mol. The minimum atomic E-state index is 0.104. The van der Waals surface area contributed by atoms with E-state index in [0.717, 1.165) is 51.8 Å². The summed E-state index contributed by atoms with van der Waals surface area (Å²) in [6, 6.07) is 8.86. The summed E-state index contributed by atoms with van der Waals surface area (Å²) in [7, 11) is 0. The second-order valence-corrected chi connectivity index (χ2v) is 8.20. The largest absolute Gasteiger partial charge is 0.364 e. The van der Waals surface area contributed by atoms with E-state index in [0.29, 0.717) is 13.1 Å². The first-order valence-electron chi connectivity index (χ1n) is 11.1. The maximum atomic E-state index is 12.0. The van der Waals surface area contributed by atoms with Gasteiger partial charge in [0.05, 0.1) is 13.1 Å². The summed E-state index contributed by atoms with van der Waals surface area (Å²) in [5, 5.41) is 6.40. The number of aliphatic imine (C=N–C) groups is 1. The van der Waals surface area contributed by atoms with Crippen LogP contribution in [0.2, 0.25) is 0 Å². The van der Waals surface area contributed by atoms with Crippen LogP contribution in [0.3, 0.4) is 0 Å². The number of carbonyl (C=O) groups is 1. The van der Waals surface area contributed by atoms with Crippen LogP contribution in [0.4, 0.5) is 5.69 Å². The number of benzene rings is 1. The lowest BCUT2D eigenvalue weighted by molar-refractivity contribution is -0.123. The van der Waals surface area contributed by atoms with Gasteiger partial charge in [0.1, 0.15) is 0 Å². The third-order valence-corrected chi connectivity index (χ3v) is 5.33. The molecule has 0 spiro atoms. The molecule has 2 aliphatic rings. The van der Waals surface area contributed by atoms with Crippen LogP contribution in [0.25, 0.3) is 0 Å². The van der Waals surface area contributed by atoms with Crippen LogP contribution < -0.4 is 15.5 Å². The second kappa shape index (κ2) is 11.0. The number of hydrogen-bond donors (Lipinski definition) is 2. The van der Waals surface area contributed by atoms with E-state index < -0.39 is 0 Å². The molecule has 0 radical (unpaired) electrons. The van der Waals surface area contributed by atoms with E-state index in [1.807, 2.05) is 13.8 Å². The van der Waals surface area contributed by atoms with Gasteiger partial charge in [-0.3, -0.25) is 9.69 Å². The molecule has 1 fully saturated rings. The molecule has 0 atom stereocenters. The van der Waals surface area contributed by atoms with Crippen LogP contribution in [-0.2, 0) is 11.3 Å². The van der Waals surface area contributed by atoms with E-state index in [9.17, 15) is 4.79 Å². The van der Waals surface area contributed by atoms with Crippen molar-refractivity contribution >= 4 is 17.6 Å². The van der Waals surface area contributed by atoms with E-state index in [1.165, 1.54) is 11.3 Å². The van der Waals surface area contributed by atoms with Gasteiger partial charge >= 0.3 is 0 Å². The molecule has 2 aliphatic heterocycles. The summed E-state index contributed by atoms with van der Waals surface area (Å²) < 4.78 is 0. The van der Waals surface area contributed by atoms with Crippen molar-refractivity contribution in [1.29, 1.82) is 0 Å². The van der Waals surface area contributed by atoms with Gasteiger partial charge in [-0.2, -0.15) is 0 Å². The van der Waals surface area contributed by atoms with Crippen LogP contribution >= 0.6 is 0 Å². The summed E-state index contributed by atoms with van der Waals surface area (Å²) in [4.78, 5) is 23.8. The fraction of sp³-hybridized carbons (Fsp3) is 0.565. The average Bonchev–Trinajstić information content (AvgIpc) is 3.26. The van der Waals surface area contributed by atoms with Crippen molar-refractivity contribution in [2.45, 2.75) is 33.4 Å².